The first kappa shape index (κ1) is 11.5. The number of nitrogens with two attached hydrogens (primary N) is 1. The molecule has 0 fully saturated rings. The van der Waals surface area contributed by atoms with Crippen LogP contribution >= 0.6 is 0 Å². The third-order valence-corrected chi connectivity index (χ3v) is 2.87. The molecule has 0 saturated carbocycles. The molecule has 0 unspecified atom stereocenters. The van der Waals surface area contributed by atoms with E-state index < -0.39 is 0 Å². The molecule has 0 atom stereocenters. The Labute approximate surface area is 109 Å². The number of hydrogen-bond donors (Lipinski definition) is 1. The maximum atomic E-state index is 13.9. The Morgan fingerprint density at radius 3 is 2.84 bits per heavy atom. The first-order valence-corrected chi connectivity index (χ1v) is 5.72. The van der Waals surface area contributed by atoms with Gasteiger partial charge >= 0.3 is 0 Å². The number of hydrogen-bond acceptors (Lipinski definition) is 3. The van der Waals surface area contributed by atoms with Gasteiger partial charge in [-0.15, -0.1) is 0 Å². The van der Waals surface area contributed by atoms with Crippen molar-refractivity contribution in [3.8, 4) is 16.9 Å². The number of rotatable bonds is 2. The lowest BCUT2D eigenvalue weighted by atomic mass is 10.2. The highest BCUT2D eigenvalue weighted by Crippen LogP contribution is 2.24. The number of aromatic nitrogens is 4. The van der Waals surface area contributed by atoms with Crippen LogP contribution in [0.4, 0.5) is 10.1 Å². The van der Waals surface area contributed by atoms with Crippen molar-refractivity contribution in [2.45, 2.75) is 0 Å². The largest absolute Gasteiger partial charge is 0.399 e. The Morgan fingerprint density at radius 1 is 1.26 bits per heavy atom. The van der Waals surface area contributed by atoms with Gasteiger partial charge in [0, 0.05) is 24.5 Å². The molecule has 2 aromatic heterocycles. The standard InChI is InChI=1S/C13H12FN5/c1-18-7-9(5-17-18)13-6-16-8-19(13)12-4-10(15)2-3-11(12)14/h2-8H,15H2,1H3. The van der Waals surface area contributed by atoms with Crippen LogP contribution in [0.5, 0.6) is 0 Å². The van der Waals surface area contributed by atoms with E-state index in [1.165, 1.54) is 12.1 Å². The number of aryl methyl sites for hydroxylation is 1. The molecule has 96 valence electrons. The zero-order valence-corrected chi connectivity index (χ0v) is 10.3. The number of nitrogen functional groups attached to an aromatic ring is 1. The van der Waals surface area contributed by atoms with Crippen molar-refractivity contribution in [3.05, 3.63) is 48.9 Å². The zero-order chi connectivity index (χ0) is 13.4. The molecule has 6 heteroatoms. The summed E-state index contributed by atoms with van der Waals surface area (Å²) in [4.78, 5) is 4.07. The molecule has 0 aliphatic heterocycles. The molecule has 5 nitrogen and oxygen atoms in total. The van der Waals surface area contributed by atoms with Crippen molar-refractivity contribution < 1.29 is 4.39 Å². The smallest absolute Gasteiger partial charge is 0.147 e. The highest BCUT2D eigenvalue weighted by Gasteiger charge is 2.12. The first-order chi connectivity index (χ1) is 9.15. The Hall–Kier alpha value is -2.63. The van der Waals surface area contributed by atoms with Gasteiger partial charge < -0.3 is 5.73 Å². The molecule has 2 heterocycles. The Kier molecular flexibility index (Phi) is 2.56. The Bertz CT molecular complexity index is 728. The summed E-state index contributed by atoms with van der Waals surface area (Å²) in [5.74, 6) is -0.350. The van der Waals surface area contributed by atoms with Gasteiger partial charge in [-0.1, -0.05) is 0 Å². The van der Waals surface area contributed by atoms with E-state index in [0.717, 1.165) is 11.3 Å². The number of anilines is 1. The van der Waals surface area contributed by atoms with Gasteiger partial charge in [-0.25, -0.2) is 9.37 Å². The molecule has 0 bridgehead atoms. The topological polar surface area (TPSA) is 61.7 Å². The maximum Gasteiger partial charge on any atom is 0.147 e. The molecular weight excluding hydrogens is 245 g/mol. The molecule has 0 aliphatic carbocycles. The number of nitrogens with zero attached hydrogens (tertiary/aromatic N) is 4. The van der Waals surface area contributed by atoms with Crippen LogP contribution in [0.15, 0.2) is 43.1 Å². The molecule has 0 radical (unpaired) electrons. The molecule has 0 aliphatic rings. The molecule has 1 aromatic carbocycles. The van der Waals surface area contributed by atoms with Gasteiger partial charge in [0.1, 0.15) is 5.82 Å². The van der Waals surface area contributed by atoms with Gasteiger partial charge in [-0.05, 0) is 18.2 Å². The van der Waals surface area contributed by atoms with E-state index in [1.807, 2.05) is 13.2 Å². The summed E-state index contributed by atoms with van der Waals surface area (Å²) in [5.41, 5.74) is 8.21. The fourth-order valence-electron chi connectivity index (χ4n) is 1.97. The van der Waals surface area contributed by atoms with Crippen LogP contribution < -0.4 is 5.73 Å². The highest BCUT2D eigenvalue weighted by atomic mass is 19.1. The number of benzene rings is 1. The van der Waals surface area contributed by atoms with Crippen molar-refractivity contribution in [3.63, 3.8) is 0 Å². The van der Waals surface area contributed by atoms with E-state index in [9.17, 15) is 4.39 Å². The summed E-state index contributed by atoms with van der Waals surface area (Å²) in [5, 5.41) is 4.10. The molecule has 3 aromatic rings. The van der Waals surface area contributed by atoms with Crippen LogP contribution in [0.3, 0.4) is 0 Å². The molecular formula is C13H12FN5. The lowest BCUT2D eigenvalue weighted by Crippen LogP contribution is -1.99. The summed E-state index contributed by atoms with van der Waals surface area (Å²) >= 11 is 0. The third-order valence-electron chi connectivity index (χ3n) is 2.87. The second-order valence-corrected chi connectivity index (χ2v) is 4.26. The quantitative estimate of drug-likeness (QED) is 0.714. The van der Waals surface area contributed by atoms with E-state index >= 15 is 0 Å². The third kappa shape index (κ3) is 1.97. The second-order valence-electron chi connectivity index (χ2n) is 4.26. The van der Waals surface area contributed by atoms with Gasteiger partial charge in [-0.3, -0.25) is 9.25 Å². The van der Waals surface area contributed by atoms with Crippen molar-refractivity contribution in [1.29, 1.82) is 0 Å². The molecule has 0 saturated heterocycles. The predicted molar refractivity (Wildman–Crippen MR) is 70.1 cm³/mol. The minimum absolute atomic E-state index is 0.350. The lowest BCUT2D eigenvalue weighted by molar-refractivity contribution is 0.619. The predicted octanol–water partition coefficient (Wildman–Crippen LogP) is 1.99. The normalized spacial score (nSPS) is 10.8. The minimum atomic E-state index is -0.350. The van der Waals surface area contributed by atoms with E-state index in [-0.39, 0.29) is 5.82 Å². The molecule has 19 heavy (non-hydrogen) atoms. The fourth-order valence-corrected chi connectivity index (χ4v) is 1.97. The van der Waals surface area contributed by atoms with Crippen LogP contribution in [-0.4, -0.2) is 19.3 Å². The van der Waals surface area contributed by atoms with Crippen molar-refractivity contribution in [1.82, 2.24) is 19.3 Å². The monoisotopic (exact) mass is 257 g/mol. The summed E-state index contributed by atoms with van der Waals surface area (Å²) in [7, 11) is 1.82. The average Bonchev–Trinajstić information content (AvgIpc) is 3.00. The van der Waals surface area contributed by atoms with Crippen molar-refractivity contribution >= 4 is 5.69 Å². The fraction of sp³-hybridized carbons (Fsp3) is 0.0769. The summed E-state index contributed by atoms with van der Waals surface area (Å²) in [6, 6.07) is 4.45. The van der Waals surface area contributed by atoms with Crippen LogP contribution in [0.2, 0.25) is 0 Å². The van der Waals surface area contributed by atoms with Crippen molar-refractivity contribution in [2.75, 3.05) is 5.73 Å². The van der Waals surface area contributed by atoms with Gasteiger partial charge in [0.2, 0.25) is 0 Å². The summed E-state index contributed by atoms with van der Waals surface area (Å²) in [6.07, 6.45) is 6.77. The van der Waals surface area contributed by atoms with Crippen LogP contribution in [0.25, 0.3) is 16.9 Å². The van der Waals surface area contributed by atoms with E-state index in [0.29, 0.717) is 11.4 Å². The molecule has 0 amide bonds. The van der Waals surface area contributed by atoms with Gasteiger partial charge in [-0.2, -0.15) is 5.10 Å². The lowest BCUT2D eigenvalue weighted by Gasteiger charge is -2.08. The SMILES string of the molecule is Cn1cc(-c2cncn2-c2cc(N)ccc2F)cn1. The summed E-state index contributed by atoms with van der Waals surface area (Å²) < 4.78 is 17.2. The zero-order valence-electron chi connectivity index (χ0n) is 10.3. The summed E-state index contributed by atoms with van der Waals surface area (Å²) in [6.45, 7) is 0. The van der Waals surface area contributed by atoms with Crippen LogP contribution in [0, 0.1) is 5.82 Å². The van der Waals surface area contributed by atoms with Crippen LogP contribution in [-0.2, 0) is 7.05 Å². The second kappa shape index (κ2) is 4.24. The minimum Gasteiger partial charge on any atom is -0.399 e. The molecule has 3 rings (SSSR count). The van der Waals surface area contributed by atoms with E-state index in [1.54, 1.807) is 34.0 Å². The van der Waals surface area contributed by atoms with Gasteiger partial charge in [0.05, 0.1) is 30.1 Å². The van der Waals surface area contributed by atoms with E-state index in [4.69, 9.17) is 5.73 Å². The number of imidazole rings is 1. The van der Waals surface area contributed by atoms with Crippen LogP contribution in [0.1, 0.15) is 0 Å². The first-order valence-electron chi connectivity index (χ1n) is 5.72. The van der Waals surface area contributed by atoms with Gasteiger partial charge in [0.15, 0.2) is 0 Å². The van der Waals surface area contributed by atoms with E-state index in [2.05, 4.69) is 10.1 Å². The maximum absolute atomic E-state index is 13.9. The Morgan fingerprint density at radius 2 is 2.11 bits per heavy atom. The average molecular weight is 257 g/mol. The van der Waals surface area contributed by atoms with Crippen molar-refractivity contribution in [2.24, 2.45) is 7.05 Å². The molecule has 0 spiro atoms. The molecule has 2 N–H and O–H groups in total. The Balaban J connectivity index is 2.17. The van der Waals surface area contributed by atoms with Gasteiger partial charge in [0.25, 0.3) is 0 Å². The highest BCUT2D eigenvalue weighted by molar-refractivity contribution is 5.61. The number of halogens is 1.